The van der Waals surface area contributed by atoms with Crippen LogP contribution in [0, 0.1) is 0 Å². The molecule has 1 aliphatic heterocycles. The molecule has 5 nitrogen and oxygen atoms in total. The third-order valence-corrected chi connectivity index (χ3v) is 3.03. The molecule has 0 atom stereocenters. The maximum Gasteiger partial charge on any atom is 0.120 e. The van der Waals surface area contributed by atoms with Crippen molar-refractivity contribution in [3.05, 3.63) is 23.9 Å². The van der Waals surface area contributed by atoms with Crippen LogP contribution in [0.1, 0.15) is 5.69 Å². The molecule has 1 aliphatic rings. The summed E-state index contributed by atoms with van der Waals surface area (Å²) in [5.74, 6) is 0. The van der Waals surface area contributed by atoms with E-state index < -0.39 is 0 Å². The molecule has 0 saturated heterocycles. The predicted octanol–water partition coefficient (Wildman–Crippen LogP) is 1.01. The van der Waals surface area contributed by atoms with Crippen LogP contribution in [0.3, 0.4) is 0 Å². The molecule has 16 heavy (non-hydrogen) atoms. The fourth-order valence-electron chi connectivity index (χ4n) is 2.25. The van der Waals surface area contributed by atoms with Gasteiger partial charge in [0.15, 0.2) is 0 Å². The number of anilines is 2. The van der Waals surface area contributed by atoms with Crippen molar-refractivity contribution in [3.63, 3.8) is 0 Å². The highest BCUT2D eigenvalue weighted by Crippen LogP contribution is 2.40. The average Bonchev–Trinajstić information content (AvgIpc) is 2.61. The zero-order valence-corrected chi connectivity index (χ0v) is 9.31. The van der Waals surface area contributed by atoms with Gasteiger partial charge in [-0.25, -0.2) is 4.68 Å². The second-order valence-electron chi connectivity index (χ2n) is 4.11. The van der Waals surface area contributed by atoms with Gasteiger partial charge in [-0.1, -0.05) is 17.3 Å². The summed E-state index contributed by atoms with van der Waals surface area (Å²) < 4.78 is 1.82. The normalized spacial score (nSPS) is 13.5. The van der Waals surface area contributed by atoms with E-state index in [1.165, 1.54) is 0 Å². The summed E-state index contributed by atoms with van der Waals surface area (Å²) in [6, 6.07) is 5.90. The highest BCUT2D eigenvalue weighted by Gasteiger charge is 2.25. The van der Waals surface area contributed by atoms with E-state index in [1.54, 1.807) is 0 Å². The SMILES string of the molecule is CN1Cc2c(nnn2C)-c2cccc(N)c21. The molecule has 0 amide bonds. The molecule has 0 aliphatic carbocycles. The van der Waals surface area contributed by atoms with E-state index in [0.29, 0.717) is 0 Å². The largest absolute Gasteiger partial charge is 0.397 e. The number of fused-ring (bicyclic) bond motifs is 3. The van der Waals surface area contributed by atoms with Gasteiger partial charge in [-0.15, -0.1) is 5.10 Å². The van der Waals surface area contributed by atoms with E-state index in [-0.39, 0.29) is 0 Å². The van der Waals surface area contributed by atoms with Crippen molar-refractivity contribution in [2.45, 2.75) is 6.54 Å². The fraction of sp³-hybridized carbons (Fsp3) is 0.273. The topological polar surface area (TPSA) is 60.0 Å². The maximum absolute atomic E-state index is 6.00. The van der Waals surface area contributed by atoms with Crippen molar-refractivity contribution < 1.29 is 0 Å². The van der Waals surface area contributed by atoms with Crippen LogP contribution in [0.25, 0.3) is 11.3 Å². The summed E-state index contributed by atoms with van der Waals surface area (Å²) >= 11 is 0. The fourth-order valence-corrected chi connectivity index (χ4v) is 2.25. The number of hydrogen-bond acceptors (Lipinski definition) is 4. The molecular weight excluding hydrogens is 202 g/mol. The van der Waals surface area contributed by atoms with Crippen LogP contribution >= 0.6 is 0 Å². The first-order valence-electron chi connectivity index (χ1n) is 5.17. The van der Waals surface area contributed by atoms with Gasteiger partial charge in [0.2, 0.25) is 0 Å². The van der Waals surface area contributed by atoms with Crippen molar-refractivity contribution in [3.8, 4) is 11.3 Å². The first kappa shape index (κ1) is 9.21. The Morgan fingerprint density at radius 1 is 1.31 bits per heavy atom. The van der Waals surface area contributed by atoms with Crippen LogP contribution in [0.15, 0.2) is 18.2 Å². The lowest BCUT2D eigenvalue weighted by molar-refractivity contribution is 0.670. The molecule has 2 heterocycles. The third kappa shape index (κ3) is 1.05. The van der Waals surface area contributed by atoms with Gasteiger partial charge in [-0.05, 0) is 6.07 Å². The molecule has 0 saturated carbocycles. The molecule has 2 aromatic rings. The molecule has 0 unspecified atom stereocenters. The molecule has 5 heteroatoms. The molecule has 0 spiro atoms. The lowest BCUT2D eigenvalue weighted by Crippen LogP contribution is -2.24. The zero-order valence-electron chi connectivity index (χ0n) is 9.31. The number of nitrogens with zero attached hydrogens (tertiary/aromatic N) is 4. The second-order valence-corrected chi connectivity index (χ2v) is 4.11. The Kier molecular flexibility index (Phi) is 1.71. The van der Waals surface area contributed by atoms with Crippen molar-refractivity contribution >= 4 is 11.4 Å². The minimum atomic E-state index is 0.788. The standard InChI is InChI=1S/C11H13N5/c1-15-6-9-10(13-14-16(9)2)7-4-3-5-8(12)11(7)15/h3-5H,6,12H2,1-2H3. The number of nitrogens with two attached hydrogens (primary N) is 1. The Labute approximate surface area is 93.5 Å². The van der Waals surface area contributed by atoms with Crippen LogP contribution in [0.5, 0.6) is 0 Å². The number of aryl methyl sites for hydroxylation is 1. The number of para-hydroxylation sites is 1. The summed E-state index contributed by atoms with van der Waals surface area (Å²) in [7, 11) is 3.95. The Morgan fingerprint density at radius 3 is 2.94 bits per heavy atom. The van der Waals surface area contributed by atoms with E-state index in [1.807, 2.05) is 37.0 Å². The molecule has 82 valence electrons. The molecule has 2 N–H and O–H groups in total. The van der Waals surface area contributed by atoms with Crippen molar-refractivity contribution in [1.29, 1.82) is 0 Å². The summed E-state index contributed by atoms with van der Waals surface area (Å²) in [6.45, 7) is 0.792. The predicted molar refractivity (Wildman–Crippen MR) is 63.0 cm³/mol. The smallest absolute Gasteiger partial charge is 0.120 e. The number of nitrogen functional groups attached to an aromatic ring is 1. The highest BCUT2D eigenvalue weighted by molar-refractivity contribution is 5.88. The first-order valence-corrected chi connectivity index (χ1v) is 5.17. The molecule has 1 aromatic heterocycles. The van der Waals surface area contributed by atoms with Crippen molar-refractivity contribution in [2.75, 3.05) is 17.7 Å². The number of rotatable bonds is 0. The van der Waals surface area contributed by atoms with E-state index in [9.17, 15) is 0 Å². The molecule has 0 bridgehead atoms. The van der Waals surface area contributed by atoms with Gasteiger partial charge in [0.1, 0.15) is 5.69 Å². The first-order chi connectivity index (χ1) is 7.68. The Balaban J connectivity index is 2.33. The zero-order chi connectivity index (χ0) is 11.3. The van der Waals surface area contributed by atoms with E-state index in [0.717, 1.165) is 34.9 Å². The number of benzene rings is 1. The van der Waals surface area contributed by atoms with Crippen LogP contribution in [0.4, 0.5) is 11.4 Å². The second kappa shape index (κ2) is 2.98. The van der Waals surface area contributed by atoms with E-state index >= 15 is 0 Å². The lowest BCUT2D eigenvalue weighted by Gasteiger charge is -2.28. The van der Waals surface area contributed by atoms with Gasteiger partial charge in [0, 0.05) is 19.7 Å². The van der Waals surface area contributed by atoms with Crippen molar-refractivity contribution in [2.24, 2.45) is 7.05 Å². The Morgan fingerprint density at radius 2 is 2.12 bits per heavy atom. The quantitative estimate of drug-likeness (QED) is 0.666. The van der Waals surface area contributed by atoms with Gasteiger partial charge >= 0.3 is 0 Å². The van der Waals surface area contributed by atoms with Gasteiger partial charge in [-0.2, -0.15) is 0 Å². The van der Waals surface area contributed by atoms with Gasteiger partial charge in [0.25, 0.3) is 0 Å². The molecule has 0 fully saturated rings. The number of aromatic nitrogens is 3. The van der Waals surface area contributed by atoms with Crippen LogP contribution in [0.2, 0.25) is 0 Å². The molecule has 1 aromatic carbocycles. The Bertz CT molecular complexity index is 557. The summed E-state index contributed by atoms with van der Waals surface area (Å²) in [5.41, 5.74) is 11.0. The average molecular weight is 215 g/mol. The van der Waals surface area contributed by atoms with E-state index in [4.69, 9.17) is 5.73 Å². The summed E-state index contributed by atoms with van der Waals surface area (Å²) in [5, 5.41) is 8.26. The van der Waals surface area contributed by atoms with Gasteiger partial charge < -0.3 is 10.6 Å². The minimum Gasteiger partial charge on any atom is -0.397 e. The Hall–Kier alpha value is -2.04. The minimum absolute atomic E-state index is 0.788. The monoisotopic (exact) mass is 215 g/mol. The van der Waals surface area contributed by atoms with E-state index in [2.05, 4.69) is 15.2 Å². The maximum atomic E-state index is 6.00. The molecule has 3 rings (SSSR count). The lowest BCUT2D eigenvalue weighted by atomic mass is 10.0. The highest BCUT2D eigenvalue weighted by atomic mass is 15.4. The molecular formula is C11H13N5. The van der Waals surface area contributed by atoms with Crippen molar-refractivity contribution in [1.82, 2.24) is 15.0 Å². The van der Waals surface area contributed by atoms with Gasteiger partial charge in [-0.3, -0.25) is 0 Å². The summed E-state index contributed by atoms with van der Waals surface area (Å²) in [6.07, 6.45) is 0. The van der Waals surface area contributed by atoms with Crippen LogP contribution < -0.4 is 10.6 Å². The van der Waals surface area contributed by atoms with Crippen LogP contribution in [-0.2, 0) is 13.6 Å². The van der Waals surface area contributed by atoms with Crippen LogP contribution in [-0.4, -0.2) is 22.0 Å². The van der Waals surface area contributed by atoms with Gasteiger partial charge in [0.05, 0.1) is 23.6 Å². The number of hydrogen-bond donors (Lipinski definition) is 1. The summed E-state index contributed by atoms with van der Waals surface area (Å²) in [4.78, 5) is 2.14. The third-order valence-electron chi connectivity index (χ3n) is 3.03. The molecule has 0 radical (unpaired) electrons.